The number of ketones is 1. The van der Waals surface area contributed by atoms with Crippen LogP contribution >= 0.6 is 0 Å². The Morgan fingerprint density at radius 1 is 1.21 bits per heavy atom. The molecule has 0 saturated carbocycles. The first kappa shape index (κ1) is 17.9. The first-order valence-electron chi connectivity index (χ1n) is 7.98. The molecule has 0 saturated heterocycles. The monoisotopic (exact) mass is 329 g/mol. The van der Waals surface area contributed by atoms with E-state index in [2.05, 4.69) is 0 Å². The molecule has 128 valence electrons. The van der Waals surface area contributed by atoms with Crippen molar-refractivity contribution in [3.05, 3.63) is 48.0 Å². The Bertz CT molecular complexity index is 658. The van der Waals surface area contributed by atoms with Gasteiger partial charge in [-0.05, 0) is 33.3 Å². The van der Waals surface area contributed by atoms with Gasteiger partial charge in [0.1, 0.15) is 11.4 Å². The molecule has 1 aliphatic rings. The molecule has 0 radical (unpaired) electrons. The summed E-state index contributed by atoms with van der Waals surface area (Å²) < 4.78 is 5.35. The van der Waals surface area contributed by atoms with E-state index in [-0.39, 0.29) is 18.1 Å². The van der Waals surface area contributed by atoms with Gasteiger partial charge in [0.25, 0.3) is 5.91 Å². The van der Waals surface area contributed by atoms with Gasteiger partial charge in [-0.25, -0.2) is 9.69 Å². The molecule has 2 atom stereocenters. The van der Waals surface area contributed by atoms with Gasteiger partial charge in [0.2, 0.25) is 0 Å². The van der Waals surface area contributed by atoms with E-state index >= 15 is 0 Å². The number of hydrogen-bond donors (Lipinski definition) is 0. The number of Topliss-reactive ketones (excluding diaryl/α,β-unsaturated/α-hetero) is 1. The van der Waals surface area contributed by atoms with Crippen LogP contribution in [0.2, 0.25) is 0 Å². The second-order valence-corrected chi connectivity index (χ2v) is 6.96. The van der Waals surface area contributed by atoms with Crippen LogP contribution in [0.5, 0.6) is 0 Å². The Hall–Kier alpha value is -2.43. The quantitative estimate of drug-likeness (QED) is 0.849. The van der Waals surface area contributed by atoms with Crippen LogP contribution in [0.3, 0.4) is 0 Å². The zero-order chi connectivity index (χ0) is 17.9. The van der Waals surface area contributed by atoms with Gasteiger partial charge < -0.3 is 9.53 Å². The minimum Gasteiger partial charge on any atom is -0.443 e. The lowest BCUT2D eigenvalue weighted by atomic mass is 9.87. The normalized spacial score (nSPS) is 18.6. The summed E-state index contributed by atoms with van der Waals surface area (Å²) in [5.41, 5.74) is 0.207. The molecule has 5 heteroatoms. The van der Waals surface area contributed by atoms with Crippen LogP contribution in [0.25, 0.3) is 0 Å². The highest BCUT2D eigenvalue weighted by atomic mass is 16.6. The maximum atomic E-state index is 12.5. The number of imide groups is 1. The van der Waals surface area contributed by atoms with E-state index in [0.717, 1.165) is 10.5 Å². The number of hydrogen-bond acceptors (Lipinski definition) is 4. The van der Waals surface area contributed by atoms with Gasteiger partial charge in [-0.3, -0.25) is 4.79 Å². The average Bonchev–Trinajstić information content (AvgIpc) is 2.85. The minimum atomic E-state index is -0.701. The van der Waals surface area contributed by atoms with Crippen molar-refractivity contribution in [3.8, 4) is 0 Å². The van der Waals surface area contributed by atoms with Crippen LogP contribution in [0.15, 0.2) is 42.5 Å². The molecule has 0 spiro atoms. The summed E-state index contributed by atoms with van der Waals surface area (Å²) in [6.07, 6.45) is 2.59. The molecule has 0 bridgehead atoms. The molecule has 5 nitrogen and oxygen atoms in total. The summed E-state index contributed by atoms with van der Waals surface area (Å²) >= 11 is 0. The van der Waals surface area contributed by atoms with E-state index in [1.54, 1.807) is 26.8 Å². The Kier molecular flexibility index (Phi) is 5.22. The second kappa shape index (κ2) is 6.99. The summed E-state index contributed by atoms with van der Waals surface area (Å²) in [6, 6.07) is 8.91. The van der Waals surface area contributed by atoms with Crippen LogP contribution in [0, 0.1) is 0 Å². The number of ether oxygens (including phenoxy) is 1. The maximum absolute atomic E-state index is 12.5. The van der Waals surface area contributed by atoms with Crippen LogP contribution in [-0.4, -0.2) is 34.3 Å². The summed E-state index contributed by atoms with van der Waals surface area (Å²) in [6.45, 7) is 6.75. The summed E-state index contributed by atoms with van der Waals surface area (Å²) in [5, 5.41) is 0. The van der Waals surface area contributed by atoms with Crippen molar-refractivity contribution < 1.29 is 19.1 Å². The third-order valence-corrected chi connectivity index (χ3v) is 3.71. The standard InChI is InChI=1S/C19H23NO4/c1-13(21)12-15(14-8-6-5-7-9-14)16-10-11-17(22)20(16)18(23)24-19(2,3)4/h5-11,15-16H,12H2,1-4H3. The van der Waals surface area contributed by atoms with Gasteiger partial charge in [-0.15, -0.1) is 0 Å². The first-order valence-corrected chi connectivity index (χ1v) is 7.98. The smallest absolute Gasteiger partial charge is 0.417 e. The molecule has 0 aliphatic carbocycles. The molecular formula is C19H23NO4. The number of nitrogens with zero attached hydrogens (tertiary/aromatic N) is 1. The van der Waals surface area contributed by atoms with Gasteiger partial charge >= 0.3 is 6.09 Å². The average molecular weight is 329 g/mol. The fraction of sp³-hybridized carbons (Fsp3) is 0.421. The molecule has 24 heavy (non-hydrogen) atoms. The van der Waals surface area contributed by atoms with E-state index in [1.165, 1.54) is 13.0 Å². The van der Waals surface area contributed by atoms with Gasteiger partial charge in [0.05, 0.1) is 6.04 Å². The maximum Gasteiger partial charge on any atom is 0.417 e. The Labute approximate surface area is 142 Å². The Balaban J connectivity index is 2.33. The highest BCUT2D eigenvalue weighted by molar-refractivity contribution is 6.01. The molecule has 1 aliphatic heterocycles. The van der Waals surface area contributed by atoms with E-state index in [0.29, 0.717) is 0 Å². The topological polar surface area (TPSA) is 63.7 Å². The van der Waals surface area contributed by atoms with E-state index in [1.807, 2.05) is 30.3 Å². The van der Waals surface area contributed by atoms with Crippen LogP contribution < -0.4 is 0 Å². The number of carbonyl (C=O) groups excluding carboxylic acids is 3. The number of benzene rings is 1. The lowest BCUT2D eigenvalue weighted by Gasteiger charge is -2.31. The third kappa shape index (κ3) is 4.31. The van der Waals surface area contributed by atoms with Crippen molar-refractivity contribution in [2.45, 2.75) is 51.7 Å². The number of rotatable bonds is 4. The van der Waals surface area contributed by atoms with Crippen molar-refractivity contribution in [2.75, 3.05) is 0 Å². The lowest BCUT2D eigenvalue weighted by molar-refractivity contribution is -0.126. The van der Waals surface area contributed by atoms with Gasteiger partial charge in [-0.1, -0.05) is 36.4 Å². The van der Waals surface area contributed by atoms with Crippen LogP contribution in [-0.2, 0) is 14.3 Å². The fourth-order valence-electron chi connectivity index (χ4n) is 2.78. The van der Waals surface area contributed by atoms with Crippen molar-refractivity contribution in [1.82, 2.24) is 4.90 Å². The van der Waals surface area contributed by atoms with Crippen LogP contribution in [0.4, 0.5) is 4.79 Å². The minimum absolute atomic E-state index is 0.000686. The van der Waals surface area contributed by atoms with Crippen molar-refractivity contribution in [2.24, 2.45) is 0 Å². The van der Waals surface area contributed by atoms with Gasteiger partial charge in [-0.2, -0.15) is 0 Å². The van der Waals surface area contributed by atoms with Gasteiger partial charge in [0.15, 0.2) is 0 Å². The predicted molar refractivity (Wildman–Crippen MR) is 90.5 cm³/mol. The molecule has 1 heterocycles. The SMILES string of the molecule is CC(=O)CC(c1ccccc1)C1C=CC(=O)N1C(=O)OC(C)(C)C. The Morgan fingerprint density at radius 2 is 1.83 bits per heavy atom. The molecule has 2 rings (SSSR count). The van der Waals surface area contributed by atoms with E-state index in [9.17, 15) is 14.4 Å². The van der Waals surface area contributed by atoms with Crippen molar-refractivity contribution in [1.29, 1.82) is 0 Å². The van der Waals surface area contributed by atoms with Crippen molar-refractivity contribution in [3.63, 3.8) is 0 Å². The third-order valence-electron chi connectivity index (χ3n) is 3.71. The molecule has 0 fully saturated rings. The van der Waals surface area contributed by atoms with E-state index < -0.39 is 23.6 Å². The highest BCUT2D eigenvalue weighted by Gasteiger charge is 2.40. The van der Waals surface area contributed by atoms with Gasteiger partial charge in [0, 0.05) is 18.4 Å². The summed E-state index contributed by atoms with van der Waals surface area (Å²) in [4.78, 5) is 37.5. The molecule has 1 aromatic rings. The molecule has 0 N–H and O–H groups in total. The number of carbonyl (C=O) groups is 3. The van der Waals surface area contributed by atoms with E-state index in [4.69, 9.17) is 4.74 Å². The zero-order valence-corrected chi connectivity index (χ0v) is 14.5. The fourth-order valence-corrected chi connectivity index (χ4v) is 2.78. The molecule has 2 unspecified atom stereocenters. The second-order valence-electron chi connectivity index (χ2n) is 6.96. The molecular weight excluding hydrogens is 306 g/mol. The predicted octanol–water partition coefficient (Wildman–Crippen LogP) is 3.45. The largest absolute Gasteiger partial charge is 0.443 e. The van der Waals surface area contributed by atoms with Crippen LogP contribution in [0.1, 0.15) is 45.6 Å². The summed E-state index contributed by atoms with van der Waals surface area (Å²) in [5.74, 6) is -0.710. The first-order chi connectivity index (χ1) is 11.2. The van der Waals surface area contributed by atoms with Crippen molar-refractivity contribution >= 4 is 17.8 Å². The molecule has 0 aromatic heterocycles. The highest BCUT2D eigenvalue weighted by Crippen LogP contribution is 2.32. The summed E-state index contributed by atoms with van der Waals surface area (Å²) in [7, 11) is 0. The zero-order valence-electron chi connectivity index (χ0n) is 14.5. The lowest BCUT2D eigenvalue weighted by Crippen LogP contribution is -2.45. The number of amides is 2. The molecule has 1 aromatic carbocycles. The Morgan fingerprint density at radius 3 is 2.38 bits per heavy atom. The molecule has 2 amide bonds.